The van der Waals surface area contributed by atoms with Crippen LogP contribution in [0, 0.1) is 6.92 Å². The Bertz CT molecular complexity index is 859. The molecule has 1 unspecified atom stereocenters. The number of nitrogens with zero attached hydrogens (tertiary/aromatic N) is 2. The highest BCUT2D eigenvalue weighted by Gasteiger charge is 2.20. The van der Waals surface area contributed by atoms with Crippen molar-refractivity contribution in [3.63, 3.8) is 0 Å². The minimum atomic E-state index is -0.199. The Hall–Kier alpha value is -2.73. The van der Waals surface area contributed by atoms with Crippen molar-refractivity contribution in [2.45, 2.75) is 19.9 Å². The zero-order valence-electron chi connectivity index (χ0n) is 13.9. The summed E-state index contributed by atoms with van der Waals surface area (Å²) in [7, 11) is 1.60. The predicted molar refractivity (Wildman–Crippen MR) is 90.8 cm³/mol. The Labute approximate surface area is 139 Å². The first-order valence-corrected chi connectivity index (χ1v) is 7.72. The zero-order valence-corrected chi connectivity index (χ0v) is 13.9. The van der Waals surface area contributed by atoms with Gasteiger partial charge in [0.05, 0.1) is 28.9 Å². The first-order chi connectivity index (χ1) is 11.6. The van der Waals surface area contributed by atoms with Crippen LogP contribution in [0.3, 0.4) is 0 Å². The van der Waals surface area contributed by atoms with Crippen molar-refractivity contribution < 1.29 is 14.1 Å². The maximum absolute atomic E-state index is 12.7. The second-order valence-electron chi connectivity index (χ2n) is 5.70. The molecule has 0 saturated carbocycles. The molecule has 0 fully saturated rings. The molecule has 24 heavy (non-hydrogen) atoms. The molecule has 1 amide bonds. The van der Waals surface area contributed by atoms with E-state index in [0.717, 1.165) is 5.56 Å². The third-order valence-corrected chi connectivity index (χ3v) is 3.73. The average molecular weight is 325 g/mol. The zero-order chi connectivity index (χ0) is 17.1. The highest BCUT2D eigenvalue weighted by molar-refractivity contribution is 6.07. The van der Waals surface area contributed by atoms with Crippen molar-refractivity contribution >= 4 is 17.0 Å². The van der Waals surface area contributed by atoms with Gasteiger partial charge < -0.3 is 14.6 Å². The minimum absolute atomic E-state index is 0.106. The number of carbonyl (C=O) groups is 1. The molecule has 0 radical (unpaired) electrons. The van der Waals surface area contributed by atoms with E-state index in [-0.39, 0.29) is 11.9 Å². The van der Waals surface area contributed by atoms with Crippen LogP contribution in [-0.2, 0) is 4.74 Å². The monoisotopic (exact) mass is 325 g/mol. The number of amides is 1. The second-order valence-corrected chi connectivity index (χ2v) is 5.70. The molecule has 0 aliphatic heterocycles. The van der Waals surface area contributed by atoms with Crippen LogP contribution in [-0.4, -0.2) is 35.8 Å². The lowest BCUT2D eigenvalue weighted by Crippen LogP contribution is -2.35. The van der Waals surface area contributed by atoms with E-state index in [1.807, 2.05) is 37.3 Å². The topological polar surface area (TPSA) is 77.2 Å². The maximum Gasteiger partial charge on any atom is 0.259 e. The van der Waals surface area contributed by atoms with Crippen LogP contribution >= 0.6 is 0 Å². The van der Waals surface area contributed by atoms with E-state index in [2.05, 4.69) is 15.5 Å². The third kappa shape index (κ3) is 3.14. The molecule has 1 atom stereocenters. The lowest BCUT2D eigenvalue weighted by Gasteiger charge is -2.13. The van der Waals surface area contributed by atoms with Crippen molar-refractivity contribution in [3.8, 4) is 11.3 Å². The fourth-order valence-electron chi connectivity index (χ4n) is 2.62. The molecule has 0 bridgehead atoms. The van der Waals surface area contributed by atoms with Crippen molar-refractivity contribution in [2.75, 3.05) is 13.7 Å². The summed E-state index contributed by atoms with van der Waals surface area (Å²) in [5.74, 6) is -0.199. The summed E-state index contributed by atoms with van der Waals surface area (Å²) in [4.78, 5) is 17.2. The van der Waals surface area contributed by atoms with Crippen LogP contribution in [0.5, 0.6) is 0 Å². The molecule has 124 valence electrons. The van der Waals surface area contributed by atoms with Crippen LogP contribution in [0.15, 0.2) is 40.9 Å². The molecule has 6 nitrogen and oxygen atoms in total. The summed E-state index contributed by atoms with van der Waals surface area (Å²) in [5.41, 5.74) is 3.08. The fourth-order valence-corrected chi connectivity index (χ4v) is 2.62. The van der Waals surface area contributed by atoms with Crippen molar-refractivity contribution in [3.05, 3.63) is 47.7 Å². The number of ether oxygens (including phenoxy) is 1. The van der Waals surface area contributed by atoms with E-state index in [1.54, 1.807) is 20.1 Å². The van der Waals surface area contributed by atoms with Gasteiger partial charge in [0.15, 0.2) is 0 Å². The van der Waals surface area contributed by atoms with Gasteiger partial charge in [-0.25, -0.2) is 4.98 Å². The largest absolute Gasteiger partial charge is 0.383 e. The molecule has 0 saturated heterocycles. The quantitative estimate of drug-likeness (QED) is 0.780. The van der Waals surface area contributed by atoms with Gasteiger partial charge >= 0.3 is 0 Å². The molecule has 1 N–H and O–H groups in total. The number of nitrogens with one attached hydrogen (secondary N) is 1. The lowest BCUT2D eigenvalue weighted by molar-refractivity contribution is 0.0907. The smallest absolute Gasteiger partial charge is 0.259 e. The highest BCUT2D eigenvalue weighted by Crippen LogP contribution is 2.26. The van der Waals surface area contributed by atoms with Gasteiger partial charge in [-0.15, -0.1) is 0 Å². The Kier molecular flexibility index (Phi) is 4.57. The number of carbonyl (C=O) groups excluding carboxylic acids is 1. The van der Waals surface area contributed by atoms with Gasteiger partial charge in [-0.1, -0.05) is 35.5 Å². The van der Waals surface area contributed by atoms with Crippen molar-refractivity contribution in [1.29, 1.82) is 0 Å². The summed E-state index contributed by atoms with van der Waals surface area (Å²) in [5, 5.41) is 7.51. The van der Waals surface area contributed by atoms with Gasteiger partial charge in [-0.3, -0.25) is 4.79 Å². The van der Waals surface area contributed by atoms with E-state index in [1.165, 1.54) is 0 Å². The Balaban J connectivity index is 2.07. The third-order valence-electron chi connectivity index (χ3n) is 3.73. The van der Waals surface area contributed by atoms with Crippen LogP contribution < -0.4 is 5.32 Å². The van der Waals surface area contributed by atoms with Crippen LogP contribution in [0.25, 0.3) is 22.4 Å². The molecule has 2 aromatic heterocycles. The summed E-state index contributed by atoms with van der Waals surface area (Å²) < 4.78 is 10.4. The fraction of sp³-hybridized carbons (Fsp3) is 0.278. The number of rotatable bonds is 5. The standard InChI is InChI=1S/C18H19N3O3/c1-11(10-23-3)19-17(22)14-9-15(13-7-5-4-6-8-13)20-18-16(14)12(2)21-24-18/h4-9,11H,10H2,1-3H3,(H,19,22). The number of aromatic nitrogens is 2. The van der Waals surface area contributed by atoms with Crippen LogP contribution in [0.4, 0.5) is 0 Å². The van der Waals surface area contributed by atoms with E-state index < -0.39 is 0 Å². The molecule has 1 aromatic carbocycles. The summed E-state index contributed by atoms with van der Waals surface area (Å²) >= 11 is 0. The van der Waals surface area contributed by atoms with Gasteiger partial charge in [0.25, 0.3) is 11.6 Å². The maximum atomic E-state index is 12.7. The highest BCUT2D eigenvalue weighted by atomic mass is 16.5. The van der Waals surface area contributed by atoms with Gasteiger partial charge in [0, 0.05) is 18.7 Å². The predicted octanol–water partition coefficient (Wildman–Crippen LogP) is 2.96. The Morgan fingerprint density at radius 3 is 2.79 bits per heavy atom. The van der Waals surface area contributed by atoms with E-state index in [9.17, 15) is 4.79 Å². The molecule has 0 spiro atoms. The molecule has 2 heterocycles. The van der Waals surface area contributed by atoms with Crippen molar-refractivity contribution in [1.82, 2.24) is 15.5 Å². The minimum Gasteiger partial charge on any atom is -0.383 e. The number of hydrogen-bond acceptors (Lipinski definition) is 5. The second kappa shape index (κ2) is 6.80. The average Bonchev–Trinajstić information content (AvgIpc) is 2.96. The normalized spacial score (nSPS) is 12.3. The van der Waals surface area contributed by atoms with Gasteiger partial charge in [-0.05, 0) is 19.9 Å². The number of benzene rings is 1. The SMILES string of the molecule is COCC(C)NC(=O)c1cc(-c2ccccc2)nc2onc(C)c12. The van der Waals surface area contributed by atoms with E-state index in [4.69, 9.17) is 9.26 Å². The molecule has 0 aliphatic rings. The van der Waals surface area contributed by atoms with Crippen LogP contribution in [0.1, 0.15) is 23.0 Å². The molecule has 0 aliphatic carbocycles. The number of aryl methyl sites for hydroxylation is 1. The number of hydrogen-bond donors (Lipinski definition) is 1. The first-order valence-electron chi connectivity index (χ1n) is 7.72. The van der Waals surface area contributed by atoms with Gasteiger partial charge in [0.1, 0.15) is 0 Å². The van der Waals surface area contributed by atoms with Gasteiger partial charge in [0.2, 0.25) is 0 Å². The van der Waals surface area contributed by atoms with Crippen molar-refractivity contribution in [2.24, 2.45) is 0 Å². The Morgan fingerprint density at radius 2 is 2.08 bits per heavy atom. The summed E-state index contributed by atoms with van der Waals surface area (Å²) in [6, 6.07) is 11.3. The van der Waals surface area contributed by atoms with E-state index >= 15 is 0 Å². The number of methoxy groups -OCH3 is 1. The lowest BCUT2D eigenvalue weighted by atomic mass is 10.0. The summed E-state index contributed by atoms with van der Waals surface area (Å²) in [6.45, 7) is 4.12. The first kappa shape index (κ1) is 16.1. The molecular formula is C18H19N3O3. The number of pyridine rings is 1. The molecular weight excluding hydrogens is 306 g/mol. The van der Waals surface area contributed by atoms with Crippen LogP contribution in [0.2, 0.25) is 0 Å². The molecule has 3 aromatic rings. The Morgan fingerprint density at radius 1 is 1.33 bits per heavy atom. The summed E-state index contributed by atoms with van der Waals surface area (Å²) in [6.07, 6.45) is 0. The molecule has 6 heteroatoms. The molecule has 3 rings (SSSR count). The van der Waals surface area contributed by atoms with E-state index in [0.29, 0.717) is 34.7 Å². The van der Waals surface area contributed by atoms with Gasteiger partial charge in [-0.2, -0.15) is 0 Å². The number of fused-ring (bicyclic) bond motifs is 1.